The third-order valence-corrected chi connectivity index (χ3v) is 2.75. The summed E-state index contributed by atoms with van der Waals surface area (Å²) in [5.41, 5.74) is 3.75. The van der Waals surface area contributed by atoms with Crippen LogP contribution in [0.3, 0.4) is 0 Å². The third kappa shape index (κ3) is 3.45. The first-order valence-corrected chi connectivity index (χ1v) is 6.10. The number of halogens is 1. The van der Waals surface area contributed by atoms with Crippen LogP contribution in [0, 0.1) is 13.8 Å². The Morgan fingerprint density at radius 2 is 2.16 bits per heavy atom. The summed E-state index contributed by atoms with van der Waals surface area (Å²) >= 11 is 5.84. The van der Waals surface area contributed by atoms with Gasteiger partial charge in [-0.3, -0.25) is 4.79 Å². The average molecular weight is 277 g/mol. The van der Waals surface area contributed by atoms with Crippen LogP contribution in [0.15, 0.2) is 39.9 Å². The summed E-state index contributed by atoms with van der Waals surface area (Å²) in [4.78, 5) is 11.8. The Morgan fingerprint density at radius 1 is 1.37 bits per heavy atom. The van der Waals surface area contributed by atoms with Crippen molar-refractivity contribution < 1.29 is 9.21 Å². The summed E-state index contributed by atoms with van der Waals surface area (Å²) in [6.45, 7) is 3.53. The Bertz CT molecular complexity index is 632. The molecule has 1 heterocycles. The van der Waals surface area contributed by atoms with Gasteiger partial charge in [0.25, 0.3) is 5.91 Å². The molecule has 0 atom stereocenters. The number of benzene rings is 1. The largest absolute Gasteiger partial charge is 0.466 e. The van der Waals surface area contributed by atoms with E-state index in [1.165, 1.54) is 6.21 Å². The Labute approximate surface area is 116 Å². The minimum absolute atomic E-state index is 0.298. The second kappa shape index (κ2) is 5.71. The van der Waals surface area contributed by atoms with Gasteiger partial charge in [-0.2, -0.15) is 5.10 Å². The van der Waals surface area contributed by atoms with Gasteiger partial charge in [0.2, 0.25) is 0 Å². The molecule has 0 aliphatic rings. The van der Waals surface area contributed by atoms with Crippen LogP contribution >= 0.6 is 11.6 Å². The molecule has 1 amide bonds. The number of carbonyl (C=O) groups is 1. The van der Waals surface area contributed by atoms with E-state index < -0.39 is 0 Å². The van der Waals surface area contributed by atoms with Gasteiger partial charge in [-0.05, 0) is 37.6 Å². The predicted molar refractivity (Wildman–Crippen MR) is 74.7 cm³/mol. The first-order chi connectivity index (χ1) is 9.06. The summed E-state index contributed by atoms with van der Waals surface area (Å²) in [6, 6.07) is 8.86. The van der Waals surface area contributed by atoms with Crippen molar-refractivity contribution in [1.29, 1.82) is 0 Å². The van der Waals surface area contributed by atoms with E-state index >= 15 is 0 Å². The van der Waals surface area contributed by atoms with Crippen molar-refractivity contribution in [3.05, 3.63) is 58.0 Å². The molecule has 2 rings (SSSR count). The number of amides is 1. The molecule has 0 aliphatic heterocycles. The standard InChI is InChI=1S/C14H13ClN2O2/c1-9-6-13(10(2)19-9)14(18)17-16-8-11-4-3-5-12(15)7-11/h3-8H,1-2H3,(H,17,18). The van der Waals surface area contributed by atoms with E-state index in [0.29, 0.717) is 22.1 Å². The number of furan rings is 1. The number of nitrogens with zero attached hydrogens (tertiary/aromatic N) is 1. The normalized spacial score (nSPS) is 10.9. The van der Waals surface area contributed by atoms with Gasteiger partial charge in [-0.25, -0.2) is 5.43 Å². The van der Waals surface area contributed by atoms with Gasteiger partial charge in [0, 0.05) is 5.02 Å². The Balaban J connectivity index is 2.03. The van der Waals surface area contributed by atoms with Crippen LogP contribution in [0.2, 0.25) is 5.02 Å². The van der Waals surface area contributed by atoms with Gasteiger partial charge in [-0.15, -0.1) is 0 Å². The third-order valence-electron chi connectivity index (χ3n) is 2.51. The molecule has 0 saturated carbocycles. The van der Waals surface area contributed by atoms with Gasteiger partial charge in [0.05, 0.1) is 11.8 Å². The van der Waals surface area contributed by atoms with Crippen LogP contribution in [-0.4, -0.2) is 12.1 Å². The lowest BCUT2D eigenvalue weighted by Crippen LogP contribution is -2.17. The average Bonchev–Trinajstić information content (AvgIpc) is 2.68. The van der Waals surface area contributed by atoms with E-state index in [1.807, 2.05) is 12.1 Å². The van der Waals surface area contributed by atoms with Crippen LogP contribution in [0.4, 0.5) is 0 Å². The van der Waals surface area contributed by atoms with Gasteiger partial charge >= 0.3 is 0 Å². The highest BCUT2D eigenvalue weighted by molar-refractivity contribution is 6.30. The van der Waals surface area contributed by atoms with E-state index in [9.17, 15) is 4.79 Å². The van der Waals surface area contributed by atoms with Crippen molar-refractivity contribution in [2.24, 2.45) is 5.10 Å². The Hall–Kier alpha value is -2.07. The van der Waals surface area contributed by atoms with Gasteiger partial charge in [0.15, 0.2) is 0 Å². The van der Waals surface area contributed by atoms with Crippen LogP contribution in [0.5, 0.6) is 0 Å². The molecule has 0 radical (unpaired) electrons. The zero-order valence-electron chi connectivity index (χ0n) is 10.6. The molecule has 1 aromatic heterocycles. The zero-order chi connectivity index (χ0) is 13.8. The van der Waals surface area contributed by atoms with Gasteiger partial charge in [-0.1, -0.05) is 23.7 Å². The van der Waals surface area contributed by atoms with Crippen LogP contribution in [-0.2, 0) is 0 Å². The molecule has 0 bridgehead atoms. The molecule has 98 valence electrons. The van der Waals surface area contributed by atoms with Crippen molar-refractivity contribution in [2.75, 3.05) is 0 Å². The van der Waals surface area contributed by atoms with E-state index in [4.69, 9.17) is 16.0 Å². The SMILES string of the molecule is Cc1cc(C(=O)NN=Cc2cccc(Cl)c2)c(C)o1. The van der Waals surface area contributed by atoms with E-state index in [2.05, 4.69) is 10.5 Å². The fraction of sp³-hybridized carbons (Fsp3) is 0.143. The molecule has 0 fully saturated rings. The van der Waals surface area contributed by atoms with E-state index in [1.54, 1.807) is 32.0 Å². The van der Waals surface area contributed by atoms with Crippen molar-refractivity contribution >= 4 is 23.7 Å². The van der Waals surface area contributed by atoms with Crippen LogP contribution in [0.25, 0.3) is 0 Å². The first kappa shape index (κ1) is 13.4. The number of carbonyl (C=O) groups excluding carboxylic acids is 1. The van der Waals surface area contributed by atoms with Crippen molar-refractivity contribution in [1.82, 2.24) is 5.43 Å². The maximum Gasteiger partial charge on any atom is 0.274 e. The number of hydrogen-bond acceptors (Lipinski definition) is 3. The minimum Gasteiger partial charge on any atom is -0.466 e. The second-order valence-electron chi connectivity index (χ2n) is 4.08. The van der Waals surface area contributed by atoms with Gasteiger partial charge in [0.1, 0.15) is 11.5 Å². The maximum atomic E-state index is 11.8. The first-order valence-electron chi connectivity index (χ1n) is 5.72. The Morgan fingerprint density at radius 3 is 2.79 bits per heavy atom. The minimum atomic E-state index is -0.298. The van der Waals surface area contributed by atoms with Crippen molar-refractivity contribution in [3.63, 3.8) is 0 Å². The van der Waals surface area contributed by atoms with Crippen molar-refractivity contribution in [3.8, 4) is 0 Å². The van der Waals surface area contributed by atoms with Crippen LogP contribution in [0.1, 0.15) is 27.4 Å². The number of hydrogen-bond donors (Lipinski definition) is 1. The van der Waals surface area contributed by atoms with Crippen LogP contribution < -0.4 is 5.43 Å². The zero-order valence-corrected chi connectivity index (χ0v) is 11.4. The fourth-order valence-electron chi connectivity index (χ4n) is 1.67. The molecular weight excluding hydrogens is 264 g/mol. The monoisotopic (exact) mass is 276 g/mol. The lowest BCUT2D eigenvalue weighted by molar-refractivity contribution is 0.0953. The second-order valence-corrected chi connectivity index (χ2v) is 4.52. The molecule has 4 nitrogen and oxygen atoms in total. The van der Waals surface area contributed by atoms with E-state index in [0.717, 1.165) is 5.56 Å². The summed E-state index contributed by atoms with van der Waals surface area (Å²) in [6.07, 6.45) is 1.53. The molecule has 0 aliphatic carbocycles. The summed E-state index contributed by atoms with van der Waals surface area (Å²) in [5, 5.41) is 4.51. The molecule has 0 saturated heterocycles. The van der Waals surface area contributed by atoms with Gasteiger partial charge < -0.3 is 4.42 Å². The number of hydrazone groups is 1. The molecule has 0 unspecified atom stereocenters. The lowest BCUT2D eigenvalue weighted by Gasteiger charge is -1.97. The summed E-state index contributed by atoms with van der Waals surface area (Å²) in [5.74, 6) is 0.974. The smallest absolute Gasteiger partial charge is 0.274 e. The highest BCUT2D eigenvalue weighted by atomic mass is 35.5. The molecule has 0 spiro atoms. The molecule has 5 heteroatoms. The molecular formula is C14H13ClN2O2. The molecule has 19 heavy (non-hydrogen) atoms. The Kier molecular flexibility index (Phi) is 4.02. The fourth-order valence-corrected chi connectivity index (χ4v) is 1.87. The number of nitrogens with one attached hydrogen (secondary N) is 1. The quantitative estimate of drug-likeness (QED) is 0.691. The highest BCUT2D eigenvalue weighted by Crippen LogP contribution is 2.13. The molecule has 1 aromatic carbocycles. The number of rotatable bonds is 3. The topological polar surface area (TPSA) is 54.6 Å². The maximum absolute atomic E-state index is 11.8. The number of aryl methyl sites for hydroxylation is 2. The molecule has 2 aromatic rings. The van der Waals surface area contributed by atoms with Crippen molar-refractivity contribution in [2.45, 2.75) is 13.8 Å². The lowest BCUT2D eigenvalue weighted by atomic mass is 10.2. The summed E-state index contributed by atoms with van der Waals surface area (Å²) < 4.78 is 5.29. The highest BCUT2D eigenvalue weighted by Gasteiger charge is 2.12. The molecule has 1 N–H and O–H groups in total. The van der Waals surface area contributed by atoms with E-state index in [-0.39, 0.29) is 5.91 Å². The predicted octanol–water partition coefficient (Wildman–Crippen LogP) is 3.31. The summed E-state index contributed by atoms with van der Waals surface area (Å²) in [7, 11) is 0.